The van der Waals surface area contributed by atoms with Gasteiger partial charge in [0.1, 0.15) is 23.6 Å². The summed E-state index contributed by atoms with van der Waals surface area (Å²) in [6, 6.07) is 9.93. The third kappa shape index (κ3) is 3.57. The van der Waals surface area contributed by atoms with Crippen molar-refractivity contribution in [2.24, 2.45) is 5.73 Å². The zero-order chi connectivity index (χ0) is 16.4. The van der Waals surface area contributed by atoms with Crippen LogP contribution >= 0.6 is 11.6 Å². The highest BCUT2D eigenvalue weighted by Gasteiger charge is 2.18. The topological polar surface area (TPSA) is 52.0 Å². The lowest BCUT2D eigenvalue weighted by Crippen LogP contribution is -2.15. The Bertz CT molecular complexity index is 797. The normalized spacial score (nSPS) is 12.3. The van der Waals surface area contributed by atoms with Gasteiger partial charge in [0.05, 0.1) is 6.04 Å². The molecule has 0 aliphatic rings. The molecule has 23 heavy (non-hydrogen) atoms. The Morgan fingerprint density at radius 2 is 1.74 bits per heavy atom. The van der Waals surface area contributed by atoms with E-state index in [-0.39, 0.29) is 6.42 Å². The molecule has 0 saturated heterocycles. The fraction of sp³-hybridized carbons (Fsp3) is 0.118. The van der Waals surface area contributed by atoms with Gasteiger partial charge in [-0.15, -0.1) is 0 Å². The van der Waals surface area contributed by atoms with Crippen molar-refractivity contribution in [2.75, 3.05) is 0 Å². The molecule has 3 nitrogen and oxygen atoms in total. The van der Waals surface area contributed by atoms with Gasteiger partial charge < -0.3 is 10.3 Å². The van der Waals surface area contributed by atoms with Crippen molar-refractivity contribution in [3.8, 4) is 11.1 Å². The maximum absolute atomic E-state index is 13.3. The minimum atomic E-state index is -0.634. The molecule has 0 saturated carbocycles. The molecular weight excluding hydrogens is 322 g/mol. The highest BCUT2D eigenvalue weighted by atomic mass is 35.5. The molecule has 6 heteroatoms. The van der Waals surface area contributed by atoms with Crippen LogP contribution in [0.25, 0.3) is 11.1 Å². The van der Waals surface area contributed by atoms with Gasteiger partial charge in [-0.3, -0.25) is 0 Å². The first-order valence-corrected chi connectivity index (χ1v) is 7.31. The SMILES string of the molecule is N[C@@H](Cc1cc(F)cc(F)c1)c1nocc1-c1ccc(Cl)cc1. The predicted molar refractivity (Wildman–Crippen MR) is 83.9 cm³/mol. The lowest BCUT2D eigenvalue weighted by molar-refractivity contribution is 0.405. The van der Waals surface area contributed by atoms with Crippen LogP contribution in [0.2, 0.25) is 5.02 Å². The first-order chi connectivity index (χ1) is 11.0. The molecule has 1 atom stereocenters. The number of aromatic nitrogens is 1. The van der Waals surface area contributed by atoms with Gasteiger partial charge in [-0.05, 0) is 41.8 Å². The van der Waals surface area contributed by atoms with E-state index in [1.54, 1.807) is 12.1 Å². The van der Waals surface area contributed by atoms with Crippen molar-refractivity contribution in [2.45, 2.75) is 12.5 Å². The van der Waals surface area contributed by atoms with E-state index in [4.69, 9.17) is 21.9 Å². The number of nitrogens with two attached hydrogens (primary N) is 1. The van der Waals surface area contributed by atoms with Crippen molar-refractivity contribution in [3.05, 3.63) is 76.6 Å². The molecule has 2 aromatic carbocycles. The standard InChI is InChI=1S/C17H13ClF2N2O/c18-12-3-1-11(2-4-12)15-9-23-22-17(15)16(21)7-10-5-13(19)8-14(20)6-10/h1-6,8-9,16H,7,21H2/t16-/m0/s1. The van der Waals surface area contributed by atoms with Gasteiger partial charge in [-0.1, -0.05) is 28.9 Å². The molecule has 3 rings (SSSR count). The van der Waals surface area contributed by atoms with Gasteiger partial charge in [0, 0.05) is 16.7 Å². The lowest BCUT2D eigenvalue weighted by Gasteiger charge is -2.11. The second-order valence-corrected chi connectivity index (χ2v) is 5.65. The van der Waals surface area contributed by atoms with E-state index < -0.39 is 17.7 Å². The van der Waals surface area contributed by atoms with Crippen LogP contribution in [0.15, 0.2) is 53.3 Å². The van der Waals surface area contributed by atoms with Crippen LogP contribution in [0.4, 0.5) is 8.78 Å². The smallest absolute Gasteiger partial charge is 0.131 e. The molecule has 0 unspecified atom stereocenters. The average molecular weight is 335 g/mol. The van der Waals surface area contributed by atoms with E-state index in [2.05, 4.69) is 5.16 Å². The van der Waals surface area contributed by atoms with Crippen molar-refractivity contribution >= 4 is 11.6 Å². The Morgan fingerprint density at radius 3 is 2.39 bits per heavy atom. The summed E-state index contributed by atoms with van der Waals surface area (Å²) < 4.78 is 31.6. The highest BCUT2D eigenvalue weighted by molar-refractivity contribution is 6.30. The first-order valence-electron chi connectivity index (χ1n) is 6.93. The van der Waals surface area contributed by atoms with E-state index in [0.717, 1.165) is 17.2 Å². The van der Waals surface area contributed by atoms with Crippen LogP contribution in [0.1, 0.15) is 17.3 Å². The van der Waals surface area contributed by atoms with Gasteiger partial charge in [0.2, 0.25) is 0 Å². The van der Waals surface area contributed by atoms with Crippen molar-refractivity contribution in [1.29, 1.82) is 0 Å². The molecule has 1 heterocycles. The van der Waals surface area contributed by atoms with E-state index in [1.807, 2.05) is 12.1 Å². The Labute approximate surface area is 136 Å². The predicted octanol–water partition coefficient (Wildman–Crippen LogP) is 4.52. The summed E-state index contributed by atoms with van der Waals surface area (Å²) >= 11 is 5.88. The van der Waals surface area contributed by atoms with Crippen LogP contribution < -0.4 is 5.73 Å². The molecule has 0 radical (unpaired) electrons. The van der Waals surface area contributed by atoms with Crippen molar-refractivity contribution in [3.63, 3.8) is 0 Å². The monoisotopic (exact) mass is 334 g/mol. The first kappa shape index (κ1) is 15.6. The number of nitrogens with zero attached hydrogens (tertiary/aromatic N) is 1. The molecule has 0 amide bonds. The van der Waals surface area contributed by atoms with Crippen LogP contribution in [0, 0.1) is 11.6 Å². The molecule has 0 aliphatic heterocycles. The van der Waals surface area contributed by atoms with Gasteiger partial charge >= 0.3 is 0 Å². The number of halogens is 3. The summed E-state index contributed by atoms with van der Waals surface area (Å²) in [5, 5.41) is 4.55. The average Bonchev–Trinajstić information content (AvgIpc) is 2.96. The number of hydrogen-bond donors (Lipinski definition) is 1. The van der Waals surface area contributed by atoms with Crippen LogP contribution in [0.3, 0.4) is 0 Å². The number of rotatable bonds is 4. The summed E-state index contributed by atoms with van der Waals surface area (Å²) in [6.07, 6.45) is 1.73. The molecule has 0 spiro atoms. The molecule has 1 aromatic heterocycles. The van der Waals surface area contributed by atoms with E-state index in [1.165, 1.54) is 18.4 Å². The third-order valence-corrected chi connectivity index (χ3v) is 3.73. The molecule has 0 fully saturated rings. The molecule has 118 valence electrons. The van der Waals surface area contributed by atoms with E-state index >= 15 is 0 Å². The third-order valence-electron chi connectivity index (χ3n) is 3.48. The van der Waals surface area contributed by atoms with Gasteiger partial charge in [0.25, 0.3) is 0 Å². The van der Waals surface area contributed by atoms with Crippen LogP contribution in [-0.4, -0.2) is 5.16 Å². The van der Waals surface area contributed by atoms with Gasteiger partial charge in [-0.25, -0.2) is 8.78 Å². The van der Waals surface area contributed by atoms with Gasteiger partial charge in [-0.2, -0.15) is 0 Å². The Balaban J connectivity index is 1.87. The summed E-state index contributed by atoms with van der Waals surface area (Å²) in [5.41, 5.74) is 8.71. The second-order valence-electron chi connectivity index (χ2n) is 5.21. The van der Waals surface area contributed by atoms with Crippen molar-refractivity contribution < 1.29 is 13.3 Å². The quantitative estimate of drug-likeness (QED) is 0.763. The Hall–Kier alpha value is -2.24. The Morgan fingerprint density at radius 1 is 1.09 bits per heavy atom. The molecular formula is C17H13ClF2N2O. The zero-order valence-corrected chi connectivity index (χ0v) is 12.7. The Kier molecular flexibility index (Phi) is 4.41. The number of hydrogen-bond acceptors (Lipinski definition) is 3. The van der Waals surface area contributed by atoms with E-state index in [0.29, 0.717) is 16.3 Å². The zero-order valence-electron chi connectivity index (χ0n) is 12.0. The summed E-state index contributed by atoms with van der Waals surface area (Å²) in [5.74, 6) is -1.27. The minimum absolute atomic E-state index is 0.238. The highest BCUT2D eigenvalue weighted by Crippen LogP contribution is 2.29. The van der Waals surface area contributed by atoms with E-state index in [9.17, 15) is 8.78 Å². The fourth-order valence-corrected chi connectivity index (χ4v) is 2.56. The molecule has 0 aliphatic carbocycles. The molecule has 0 bridgehead atoms. The largest absolute Gasteiger partial charge is 0.364 e. The second kappa shape index (κ2) is 6.48. The molecule has 2 N–H and O–H groups in total. The molecule has 3 aromatic rings. The summed E-state index contributed by atoms with van der Waals surface area (Å²) in [4.78, 5) is 0. The maximum Gasteiger partial charge on any atom is 0.131 e. The van der Waals surface area contributed by atoms with Crippen LogP contribution in [0.5, 0.6) is 0 Å². The maximum atomic E-state index is 13.3. The summed E-state index contributed by atoms with van der Waals surface area (Å²) in [6.45, 7) is 0. The van der Waals surface area contributed by atoms with Crippen molar-refractivity contribution in [1.82, 2.24) is 5.16 Å². The lowest BCUT2D eigenvalue weighted by atomic mass is 9.98. The van der Waals surface area contributed by atoms with Gasteiger partial charge in [0.15, 0.2) is 0 Å². The summed E-state index contributed by atoms with van der Waals surface area (Å²) in [7, 11) is 0. The minimum Gasteiger partial charge on any atom is -0.364 e. The fourth-order valence-electron chi connectivity index (χ4n) is 2.44. The number of benzene rings is 2. The van der Waals surface area contributed by atoms with Crippen LogP contribution in [-0.2, 0) is 6.42 Å².